The molecule has 2 rings (SSSR count). The third-order valence-corrected chi connectivity index (χ3v) is 3.01. The summed E-state index contributed by atoms with van der Waals surface area (Å²) in [5, 5.41) is 13.4. The summed E-state index contributed by atoms with van der Waals surface area (Å²) in [6.45, 7) is 1.66. The second kappa shape index (κ2) is 6.04. The van der Waals surface area contributed by atoms with Crippen molar-refractivity contribution >= 4 is 17.3 Å². The van der Waals surface area contributed by atoms with Crippen LogP contribution in [0, 0.1) is 17.0 Å². The van der Waals surface area contributed by atoms with Gasteiger partial charge in [0.15, 0.2) is 0 Å². The smallest absolute Gasteiger partial charge is 0.269 e. The summed E-state index contributed by atoms with van der Waals surface area (Å²) in [5.41, 5.74) is 1.54. The van der Waals surface area contributed by atoms with Crippen molar-refractivity contribution in [3.63, 3.8) is 0 Å². The number of rotatable bonds is 4. The Kier molecular flexibility index (Phi) is 4.18. The first kappa shape index (κ1) is 14.5. The van der Waals surface area contributed by atoms with E-state index >= 15 is 0 Å². The van der Waals surface area contributed by atoms with E-state index in [0.717, 1.165) is 0 Å². The predicted molar refractivity (Wildman–Crippen MR) is 78.8 cm³/mol. The lowest BCUT2D eigenvalue weighted by atomic mass is 10.1. The molecule has 0 fully saturated rings. The van der Waals surface area contributed by atoms with Crippen molar-refractivity contribution in [2.45, 2.75) is 6.92 Å². The van der Waals surface area contributed by atoms with Gasteiger partial charge in [0, 0.05) is 23.4 Å². The Hall–Kier alpha value is -2.89. The van der Waals surface area contributed by atoms with Crippen LogP contribution in [-0.2, 0) is 0 Å². The normalized spacial score (nSPS) is 10.0. The largest absolute Gasteiger partial charge is 0.497 e. The van der Waals surface area contributed by atoms with Crippen LogP contribution in [0.5, 0.6) is 5.75 Å². The van der Waals surface area contributed by atoms with E-state index in [4.69, 9.17) is 4.74 Å². The SMILES string of the molecule is COc1ccc(NC(=O)c2ccc([N+](=O)[O-])cc2C)cc1. The third kappa shape index (κ3) is 3.36. The molecule has 1 amide bonds. The lowest BCUT2D eigenvalue weighted by Crippen LogP contribution is -2.13. The zero-order valence-corrected chi connectivity index (χ0v) is 11.6. The van der Waals surface area contributed by atoms with Crippen molar-refractivity contribution in [2.24, 2.45) is 0 Å². The van der Waals surface area contributed by atoms with Crippen LogP contribution in [0.1, 0.15) is 15.9 Å². The monoisotopic (exact) mass is 286 g/mol. The van der Waals surface area contributed by atoms with Crippen molar-refractivity contribution in [2.75, 3.05) is 12.4 Å². The standard InChI is InChI=1S/C15H14N2O4/c1-10-9-12(17(19)20)5-8-14(10)15(18)16-11-3-6-13(21-2)7-4-11/h3-9H,1-2H3,(H,16,18). The van der Waals surface area contributed by atoms with Crippen LogP contribution in [0.25, 0.3) is 0 Å². The van der Waals surface area contributed by atoms with Crippen molar-refractivity contribution in [1.29, 1.82) is 0 Å². The molecule has 0 aliphatic heterocycles. The molecule has 2 aromatic carbocycles. The van der Waals surface area contributed by atoms with Crippen LogP contribution < -0.4 is 10.1 Å². The van der Waals surface area contributed by atoms with Gasteiger partial charge in [-0.1, -0.05) is 0 Å². The number of carbonyl (C=O) groups excluding carboxylic acids is 1. The van der Waals surface area contributed by atoms with Gasteiger partial charge in [-0.05, 0) is 42.8 Å². The molecule has 2 aromatic rings. The summed E-state index contributed by atoms with van der Waals surface area (Å²) < 4.78 is 5.04. The summed E-state index contributed by atoms with van der Waals surface area (Å²) in [6, 6.07) is 11.1. The molecule has 6 nitrogen and oxygen atoms in total. The molecule has 0 radical (unpaired) electrons. The van der Waals surface area contributed by atoms with Gasteiger partial charge in [-0.25, -0.2) is 0 Å². The minimum Gasteiger partial charge on any atom is -0.497 e. The van der Waals surface area contributed by atoms with Gasteiger partial charge in [0.25, 0.3) is 11.6 Å². The molecular formula is C15H14N2O4. The van der Waals surface area contributed by atoms with Crippen molar-refractivity contribution in [3.05, 3.63) is 63.7 Å². The maximum Gasteiger partial charge on any atom is 0.269 e. The number of benzene rings is 2. The lowest BCUT2D eigenvalue weighted by molar-refractivity contribution is -0.384. The Morgan fingerprint density at radius 1 is 1.19 bits per heavy atom. The minimum absolute atomic E-state index is 0.0338. The van der Waals surface area contributed by atoms with Crippen LogP contribution in [0.15, 0.2) is 42.5 Å². The molecule has 0 bridgehead atoms. The number of carbonyl (C=O) groups is 1. The Balaban J connectivity index is 2.17. The fraction of sp³-hybridized carbons (Fsp3) is 0.133. The van der Waals surface area contributed by atoms with Crippen molar-refractivity contribution < 1.29 is 14.5 Å². The quantitative estimate of drug-likeness (QED) is 0.691. The van der Waals surface area contributed by atoms with E-state index in [2.05, 4.69) is 5.32 Å². The number of nitrogens with zero attached hydrogens (tertiary/aromatic N) is 1. The van der Waals surface area contributed by atoms with Gasteiger partial charge in [-0.15, -0.1) is 0 Å². The van der Waals surface area contributed by atoms with Gasteiger partial charge in [0.2, 0.25) is 0 Å². The number of hydrogen-bond donors (Lipinski definition) is 1. The number of nitro benzene ring substituents is 1. The van der Waals surface area contributed by atoms with E-state index in [-0.39, 0.29) is 11.6 Å². The highest BCUT2D eigenvalue weighted by atomic mass is 16.6. The first-order chi connectivity index (χ1) is 10.0. The van der Waals surface area contributed by atoms with E-state index in [1.54, 1.807) is 38.3 Å². The molecule has 0 saturated carbocycles. The number of nitrogens with one attached hydrogen (secondary N) is 1. The molecule has 0 heterocycles. The molecule has 0 atom stereocenters. The van der Waals surface area contributed by atoms with Gasteiger partial charge in [-0.3, -0.25) is 14.9 Å². The molecule has 0 aliphatic rings. The van der Waals surface area contributed by atoms with Crippen LogP contribution in [0.3, 0.4) is 0 Å². The molecule has 6 heteroatoms. The van der Waals surface area contributed by atoms with Gasteiger partial charge in [0.1, 0.15) is 5.75 Å². The Bertz CT molecular complexity index is 681. The first-order valence-corrected chi connectivity index (χ1v) is 6.21. The van der Waals surface area contributed by atoms with E-state index in [0.29, 0.717) is 22.6 Å². The second-order valence-electron chi connectivity index (χ2n) is 4.44. The highest BCUT2D eigenvalue weighted by Gasteiger charge is 2.13. The summed E-state index contributed by atoms with van der Waals surface area (Å²) in [6.07, 6.45) is 0. The number of nitro groups is 1. The number of ether oxygens (including phenoxy) is 1. The summed E-state index contributed by atoms with van der Waals surface area (Å²) in [5.74, 6) is 0.382. The predicted octanol–water partition coefficient (Wildman–Crippen LogP) is 3.16. The number of amides is 1. The number of aryl methyl sites for hydroxylation is 1. The maximum atomic E-state index is 12.2. The molecular weight excluding hydrogens is 272 g/mol. The Labute approximate surface area is 121 Å². The maximum absolute atomic E-state index is 12.2. The van der Waals surface area contributed by atoms with Gasteiger partial charge >= 0.3 is 0 Å². The van der Waals surface area contributed by atoms with E-state index in [9.17, 15) is 14.9 Å². The average molecular weight is 286 g/mol. The molecule has 0 spiro atoms. The number of methoxy groups -OCH3 is 1. The highest BCUT2D eigenvalue weighted by molar-refractivity contribution is 6.05. The van der Waals surface area contributed by atoms with E-state index in [1.165, 1.54) is 18.2 Å². The van der Waals surface area contributed by atoms with Crippen molar-refractivity contribution in [1.82, 2.24) is 0 Å². The topological polar surface area (TPSA) is 81.5 Å². The first-order valence-electron chi connectivity index (χ1n) is 6.21. The summed E-state index contributed by atoms with van der Waals surface area (Å²) in [4.78, 5) is 22.3. The molecule has 21 heavy (non-hydrogen) atoms. The number of non-ortho nitro benzene ring substituents is 1. The van der Waals surface area contributed by atoms with Crippen molar-refractivity contribution in [3.8, 4) is 5.75 Å². The lowest BCUT2D eigenvalue weighted by Gasteiger charge is -2.08. The molecule has 108 valence electrons. The fourth-order valence-electron chi connectivity index (χ4n) is 1.89. The molecule has 1 N–H and O–H groups in total. The molecule has 0 unspecified atom stereocenters. The highest BCUT2D eigenvalue weighted by Crippen LogP contribution is 2.20. The fourth-order valence-corrected chi connectivity index (χ4v) is 1.89. The third-order valence-electron chi connectivity index (χ3n) is 3.01. The molecule has 0 aliphatic carbocycles. The Morgan fingerprint density at radius 3 is 2.38 bits per heavy atom. The number of anilines is 1. The summed E-state index contributed by atoms with van der Waals surface area (Å²) >= 11 is 0. The van der Waals surface area contributed by atoms with Gasteiger partial charge < -0.3 is 10.1 Å². The Morgan fingerprint density at radius 2 is 1.86 bits per heavy atom. The minimum atomic E-state index is -0.488. The zero-order valence-electron chi connectivity index (χ0n) is 11.6. The van der Waals surface area contributed by atoms with E-state index < -0.39 is 4.92 Å². The summed E-state index contributed by atoms with van der Waals surface area (Å²) in [7, 11) is 1.56. The van der Waals surface area contributed by atoms with Crippen LogP contribution in [0.4, 0.5) is 11.4 Å². The van der Waals surface area contributed by atoms with Gasteiger partial charge in [0.05, 0.1) is 12.0 Å². The van der Waals surface area contributed by atoms with E-state index in [1.807, 2.05) is 0 Å². The van der Waals surface area contributed by atoms with Gasteiger partial charge in [-0.2, -0.15) is 0 Å². The second-order valence-corrected chi connectivity index (χ2v) is 4.44. The van der Waals surface area contributed by atoms with Crippen LogP contribution in [0.2, 0.25) is 0 Å². The van der Waals surface area contributed by atoms with Crippen LogP contribution in [-0.4, -0.2) is 17.9 Å². The number of hydrogen-bond acceptors (Lipinski definition) is 4. The van der Waals surface area contributed by atoms with Crippen LogP contribution >= 0.6 is 0 Å². The molecule has 0 aromatic heterocycles. The zero-order chi connectivity index (χ0) is 15.4. The average Bonchev–Trinajstić information content (AvgIpc) is 2.47. The molecule has 0 saturated heterocycles.